The molecule has 2 N–H and O–H groups in total. The zero-order valence-electron chi connectivity index (χ0n) is 20.1. The Kier molecular flexibility index (Phi) is 9.25. The molecule has 0 aliphatic carbocycles. The van der Waals surface area contributed by atoms with Gasteiger partial charge in [0.25, 0.3) is 23.6 Å². The minimum atomic E-state index is -1.10. The topological polar surface area (TPSA) is 98.8 Å². The quantitative estimate of drug-likeness (QED) is 0.393. The SMILES string of the molecule is CCC(C)C(C(=O)NN1C(=O)CSC1c1ccc(Br)cc1)C(=O)NN1C(=O)CSC1c1ccc(Br)cc1. The number of hydrogen-bond donors (Lipinski definition) is 2. The van der Waals surface area contributed by atoms with Crippen LogP contribution in [0, 0.1) is 11.8 Å². The van der Waals surface area contributed by atoms with Crippen molar-refractivity contribution in [1.29, 1.82) is 0 Å². The lowest BCUT2D eigenvalue weighted by molar-refractivity contribution is -0.150. The predicted molar refractivity (Wildman–Crippen MR) is 152 cm³/mol. The summed E-state index contributed by atoms with van der Waals surface area (Å²) < 4.78 is 1.82. The summed E-state index contributed by atoms with van der Waals surface area (Å²) in [6.07, 6.45) is 0.559. The molecule has 37 heavy (non-hydrogen) atoms. The Morgan fingerprint density at radius 1 is 0.838 bits per heavy atom. The predicted octanol–water partition coefficient (Wildman–Crippen LogP) is 4.78. The van der Waals surface area contributed by atoms with Crippen LogP contribution in [-0.4, -0.2) is 45.2 Å². The number of carbonyl (C=O) groups excluding carboxylic acids is 4. The number of hydrazine groups is 2. The molecular formula is C25H26Br2N4O4S2. The second kappa shape index (κ2) is 12.2. The molecule has 2 saturated heterocycles. The lowest BCUT2D eigenvalue weighted by Gasteiger charge is -2.30. The van der Waals surface area contributed by atoms with E-state index in [0.717, 1.165) is 20.1 Å². The highest BCUT2D eigenvalue weighted by atomic mass is 79.9. The van der Waals surface area contributed by atoms with Crippen molar-refractivity contribution in [2.24, 2.45) is 11.8 Å². The van der Waals surface area contributed by atoms with E-state index in [-0.39, 0.29) is 29.2 Å². The number of halogens is 2. The molecule has 0 spiro atoms. The number of thioether (sulfide) groups is 2. The molecule has 8 nitrogen and oxygen atoms in total. The molecule has 2 aliphatic rings. The Hall–Kier alpha value is -2.02. The van der Waals surface area contributed by atoms with Gasteiger partial charge in [-0.3, -0.25) is 30.0 Å². The lowest BCUT2D eigenvalue weighted by Crippen LogP contribution is -2.54. The molecule has 2 aromatic carbocycles. The summed E-state index contributed by atoms with van der Waals surface area (Å²) in [4.78, 5) is 52.2. The average Bonchev–Trinajstić information content (AvgIpc) is 3.42. The van der Waals surface area contributed by atoms with Crippen LogP contribution in [0.4, 0.5) is 0 Å². The number of nitrogens with zero attached hydrogens (tertiary/aromatic N) is 2. The smallest absolute Gasteiger partial charge is 0.252 e. The van der Waals surface area contributed by atoms with Crippen LogP contribution in [0.1, 0.15) is 42.1 Å². The molecule has 2 heterocycles. The third-order valence-corrected chi connectivity index (χ3v) is 9.77. The molecule has 0 radical (unpaired) electrons. The Morgan fingerprint density at radius 3 is 1.57 bits per heavy atom. The summed E-state index contributed by atoms with van der Waals surface area (Å²) in [7, 11) is 0. The van der Waals surface area contributed by atoms with E-state index in [1.165, 1.54) is 33.5 Å². The zero-order valence-corrected chi connectivity index (χ0v) is 25.0. The van der Waals surface area contributed by atoms with E-state index in [1.54, 1.807) is 0 Å². The van der Waals surface area contributed by atoms with Crippen LogP contribution in [0.2, 0.25) is 0 Å². The molecule has 2 fully saturated rings. The number of nitrogens with one attached hydrogen (secondary N) is 2. The van der Waals surface area contributed by atoms with Gasteiger partial charge in [-0.15, -0.1) is 23.5 Å². The molecule has 4 amide bonds. The Morgan fingerprint density at radius 2 is 1.22 bits per heavy atom. The van der Waals surface area contributed by atoms with Gasteiger partial charge >= 0.3 is 0 Å². The number of rotatable bonds is 8. The minimum Gasteiger partial charge on any atom is -0.272 e. The summed E-state index contributed by atoms with van der Waals surface area (Å²) in [6, 6.07) is 15.0. The Bertz CT molecular complexity index is 1090. The van der Waals surface area contributed by atoms with Crippen molar-refractivity contribution in [3.8, 4) is 0 Å². The molecule has 4 rings (SSSR count). The van der Waals surface area contributed by atoms with E-state index < -0.39 is 28.5 Å². The summed E-state index contributed by atoms with van der Waals surface area (Å²) in [6.45, 7) is 3.70. The summed E-state index contributed by atoms with van der Waals surface area (Å²) in [5.74, 6) is -2.63. The van der Waals surface area contributed by atoms with Gasteiger partial charge in [-0.1, -0.05) is 76.4 Å². The van der Waals surface area contributed by atoms with Gasteiger partial charge in [0.1, 0.15) is 16.7 Å². The maximum absolute atomic E-state index is 13.5. The molecule has 0 bridgehead atoms. The van der Waals surface area contributed by atoms with E-state index in [1.807, 2.05) is 62.4 Å². The molecule has 0 aromatic heterocycles. The molecule has 3 atom stereocenters. The molecule has 2 aromatic rings. The van der Waals surface area contributed by atoms with Gasteiger partial charge in [0.15, 0.2) is 0 Å². The van der Waals surface area contributed by atoms with Crippen molar-refractivity contribution in [1.82, 2.24) is 20.9 Å². The van der Waals surface area contributed by atoms with Crippen molar-refractivity contribution >= 4 is 79.0 Å². The van der Waals surface area contributed by atoms with Gasteiger partial charge in [-0.25, -0.2) is 10.0 Å². The van der Waals surface area contributed by atoms with Crippen molar-refractivity contribution in [2.45, 2.75) is 31.0 Å². The van der Waals surface area contributed by atoms with E-state index in [2.05, 4.69) is 42.7 Å². The van der Waals surface area contributed by atoms with Gasteiger partial charge < -0.3 is 0 Å². The fourth-order valence-electron chi connectivity index (χ4n) is 4.09. The highest BCUT2D eigenvalue weighted by Gasteiger charge is 2.41. The van der Waals surface area contributed by atoms with Crippen LogP contribution < -0.4 is 10.9 Å². The molecule has 12 heteroatoms. The second-order valence-electron chi connectivity index (χ2n) is 8.77. The monoisotopic (exact) mass is 668 g/mol. The normalized spacial score (nSPS) is 21.2. The average molecular weight is 670 g/mol. The standard InChI is InChI=1S/C25H26Br2N4O4S2/c1-3-14(2)21(22(34)28-30-19(32)12-36-24(30)15-4-8-17(26)9-5-15)23(35)29-31-20(33)13-37-25(31)16-6-10-18(27)11-7-16/h4-11,14,21,24-25H,3,12-13H2,1-2H3,(H,28,34)(H,29,35). The first-order chi connectivity index (χ1) is 17.7. The van der Waals surface area contributed by atoms with E-state index in [4.69, 9.17) is 0 Å². The summed E-state index contributed by atoms with van der Waals surface area (Å²) in [5.41, 5.74) is 7.15. The van der Waals surface area contributed by atoms with Crippen LogP contribution >= 0.6 is 55.4 Å². The number of benzene rings is 2. The van der Waals surface area contributed by atoms with Gasteiger partial charge in [-0.2, -0.15) is 0 Å². The fraction of sp³-hybridized carbons (Fsp3) is 0.360. The number of amides is 4. The lowest BCUT2D eigenvalue weighted by atomic mass is 9.90. The first-order valence-corrected chi connectivity index (χ1v) is 15.4. The highest BCUT2D eigenvalue weighted by Crippen LogP contribution is 2.39. The van der Waals surface area contributed by atoms with Gasteiger partial charge in [0.05, 0.1) is 11.5 Å². The molecule has 3 unspecified atom stereocenters. The second-order valence-corrected chi connectivity index (χ2v) is 12.7. The summed E-state index contributed by atoms with van der Waals surface area (Å²) >= 11 is 9.63. The first kappa shape index (κ1) is 28.0. The van der Waals surface area contributed by atoms with Gasteiger partial charge in [0, 0.05) is 8.95 Å². The fourth-order valence-corrected chi connectivity index (χ4v) is 6.83. The molecule has 0 saturated carbocycles. The van der Waals surface area contributed by atoms with Crippen LogP contribution in [-0.2, 0) is 19.2 Å². The van der Waals surface area contributed by atoms with Crippen molar-refractivity contribution in [3.63, 3.8) is 0 Å². The zero-order chi connectivity index (χ0) is 26.7. The Labute approximate surface area is 240 Å². The minimum absolute atomic E-state index is 0.218. The van der Waals surface area contributed by atoms with Crippen LogP contribution in [0.3, 0.4) is 0 Å². The highest BCUT2D eigenvalue weighted by molar-refractivity contribution is 9.10. The van der Waals surface area contributed by atoms with E-state index in [0.29, 0.717) is 6.42 Å². The third kappa shape index (κ3) is 6.35. The molecule has 2 aliphatic heterocycles. The van der Waals surface area contributed by atoms with Crippen molar-refractivity contribution < 1.29 is 19.2 Å². The first-order valence-electron chi connectivity index (χ1n) is 11.7. The van der Waals surface area contributed by atoms with Gasteiger partial charge in [0.2, 0.25) is 0 Å². The van der Waals surface area contributed by atoms with Crippen molar-refractivity contribution in [3.05, 3.63) is 68.6 Å². The van der Waals surface area contributed by atoms with Crippen LogP contribution in [0.25, 0.3) is 0 Å². The van der Waals surface area contributed by atoms with Crippen LogP contribution in [0.15, 0.2) is 57.5 Å². The van der Waals surface area contributed by atoms with E-state index in [9.17, 15) is 19.2 Å². The maximum atomic E-state index is 13.5. The summed E-state index contributed by atoms with van der Waals surface area (Å²) in [5, 5.41) is 1.81. The van der Waals surface area contributed by atoms with Crippen LogP contribution in [0.5, 0.6) is 0 Å². The number of hydrogen-bond acceptors (Lipinski definition) is 6. The maximum Gasteiger partial charge on any atom is 0.252 e. The Balaban J connectivity index is 1.51. The van der Waals surface area contributed by atoms with E-state index >= 15 is 0 Å². The number of carbonyl (C=O) groups is 4. The third-order valence-electron chi connectivity index (χ3n) is 6.29. The molecule has 196 valence electrons. The van der Waals surface area contributed by atoms with Crippen molar-refractivity contribution in [2.75, 3.05) is 11.5 Å². The van der Waals surface area contributed by atoms with Gasteiger partial charge in [-0.05, 0) is 41.3 Å². The molecular weight excluding hydrogens is 644 g/mol. The largest absolute Gasteiger partial charge is 0.272 e.